The molecule has 2 aliphatic heterocycles. The Balaban J connectivity index is 1.41. The Morgan fingerprint density at radius 2 is 2.19 bits per heavy atom. The summed E-state index contributed by atoms with van der Waals surface area (Å²) in [6, 6.07) is 5.79. The summed E-state index contributed by atoms with van der Waals surface area (Å²) < 4.78 is 5.54. The van der Waals surface area contributed by atoms with Crippen molar-refractivity contribution in [2.45, 2.75) is 44.8 Å². The molecule has 2 saturated heterocycles. The highest BCUT2D eigenvalue weighted by Gasteiger charge is 2.24. The first-order valence-electron chi connectivity index (χ1n) is 9.76. The van der Waals surface area contributed by atoms with E-state index < -0.39 is 0 Å². The van der Waals surface area contributed by atoms with E-state index in [1.807, 2.05) is 18.4 Å². The molecule has 2 unspecified atom stereocenters. The summed E-state index contributed by atoms with van der Waals surface area (Å²) in [6.45, 7) is 10.3. The highest BCUT2D eigenvalue weighted by atomic mass is 32.1. The Labute approximate surface area is 161 Å². The van der Waals surface area contributed by atoms with Gasteiger partial charge in [-0.1, -0.05) is 0 Å². The van der Waals surface area contributed by atoms with Crippen LogP contribution in [0.4, 0.5) is 5.00 Å². The molecule has 0 saturated carbocycles. The number of hydrogen-bond donors (Lipinski definition) is 2. The number of thiophene rings is 1. The van der Waals surface area contributed by atoms with Crippen LogP contribution < -0.4 is 15.5 Å². The molecule has 0 amide bonds. The first-order valence-corrected chi connectivity index (χ1v) is 10.6. The zero-order chi connectivity index (χ0) is 18.4. The van der Waals surface area contributed by atoms with Gasteiger partial charge in [0.15, 0.2) is 5.96 Å². The van der Waals surface area contributed by atoms with Crippen molar-refractivity contribution < 1.29 is 4.74 Å². The number of morpholine rings is 1. The fraction of sp³-hybridized carbons (Fsp3) is 0.737. The summed E-state index contributed by atoms with van der Waals surface area (Å²) in [5, 5.41) is 10.7. The van der Waals surface area contributed by atoms with Gasteiger partial charge >= 0.3 is 0 Å². The second kappa shape index (κ2) is 9.58. The van der Waals surface area contributed by atoms with Crippen molar-refractivity contribution in [3.63, 3.8) is 0 Å². The molecular formula is C19H33N5OS. The van der Waals surface area contributed by atoms with Gasteiger partial charge in [-0.05, 0) is 44.2 Å². The van der Waals surface area contributed by atoms with Crippen LogP contribution in [0.5, 0.6) is 0 Å². The molecule has 1 aromatic heterocycles. The third-order valence-corrected chi connectivity index (χ3v) is 6.36. The second-order valence-electron chi connectivity index (χ2n) is 7.32. The van der Waals surface area contributed by atoms with E-state index in [0.29, 0.717) is 18.1 Å². The van der Waals surface area contributed by atoms with Crippen LogP contribution in [0.1, 0.15) is 26.7 Å². The Hall–Kier alpha value is -1.31. The number of aliphatic imine (C=N–C) groups is 1. The molecule has 2 N–H and O–H groups in total. The minimum atomic E-state index is 0.466. The lowest BCUT2D eigenvalue weighted by molar-refractivity contribution is -0.0174. The molecule has 26 heavy (non-hydrogen) atoms. The molecule has 0 aromatic carbocycles. The maximum absolute atomic E-state index is 5.54. The molecule has 0 spiro atoms. The number of piperidine rings is 1. The van der Waals surface area contributed by atoms with Crippen molar-refractivity contribution in [2.24, 2.45) is 4.99 Å². The first kappa shape index (κ1) is 19.5. The van der Waals surface area contributed by atoms with E-state index in [0.717, 1.165) is 58.2 Å². The lowest BCUT2D eigenvalue weighted by Crippen LogP contribution is -2.54. The number of nitrogens with one attached hydrogen (secondary N) is 2. The Morgan fingerprint density at radius 3 is 2.85 bits per heavy atom. The molecule has 7 heteroatoms. The molecule has 1 aromatic rings. The number of rotatable bonds is 5. The van der Waals surface area contributed by atoms with Crippen molar-refractivity contribution in [3.8, 4) is 0 Å². The third-order valence-electron chi connectivity index (χ3n) is 5.43. The Bertz CT molecular complexity index is 556. The lowest BCUT2D eigenvalue weighted by Gasteiger charge is -2.38. The van der Waals surface area contributed by atoms with Crippen LogP contribution in [-0.4, -0.2) is 75.4 Å². The largest absolute Gasteiger partial charge is 0.379 e. The standard InChI is InChI=1S/C19H33N5OS/c1-15(24-10-11-25-14-16(24)2)13-21-19(20-3)22-17-6-8-23(9-7-17)18-5-4-12-26-18/h4-5,12,15-17H,6-11,13-14H2,1-3H3,(H2,20,21,22). The molecule has 2 fully saturated rings. The van der Waals surface area contributed by atoms with Crippen molar-refractivity contribution >= 4 is 22.3 Å². The van der Waals surface area contributed by atoms with Gasteiger partial charge in [-0.2, -0.15) is 0 Å². The summed E-state index contributed by atoms with van der Waals surface area (Å²) in [6.07, 6.45) is 2.29. The number of nitrogens with zero attached hydrogens (tertiary/aromatic N) is 3. The number of hydrogen-bond acceptors (Lipinski definition) is 5. The van der Waals surface area contributed by atoms with Crippen LogP contribution in [0.25, 0.3) is 0 Å². The van der Waals surface area contributed by atoms with Gasteiger partial charge in [-0.3, -0.25) is 9.89 Å². The van der Waals surface area contributed by atoms with Crippen molar-refractivity contribution in [3.05, 3.63) is 17.5 Å². The quantitative estimate of drug-likeness (QED) is 0.605. The lowest BCUT2D eigenvalue weighted by atomic mass is 10.1. The van der Waals surface area contributed by atoms with Crippen LogP contribution >= 0.6 is 11.3 Å². The SMILES string of the molecule is CN=C(NCC(C)N1CCOCC1C)NC1CCN(c2cccs2)CC1. The summed E-state index contributed by atoms with van der Waals surface area (Å²) in [4.78, 5) is 9.43. The highest BCUT2D eigenvalue weighted by molar-refractivity contribution is 7.14. The number of ether oxygens (including phenoxy) is 1. The predicted molar refractivity (Wildman–Crippen MR) is 111 cm³/mol. The smallest absolute Gasteiger partial charge is 0.191 e. The van der Waals surface area contributed by atoms with Gasteiger partial charge in [0.05, 0.1) is 18.2 Å². The Kier molecular flexibility index (Phi) is 7.16. The molecule has 0 bridgehead atoms. The highest BCUT2D eigenvalue weighted by Crippen LogP contribution is 2.24. The molecule has 0 aliphatic carbocycles. The van der Waals surface area contributed by atoms with E-state index in [4.69, 9.17) is 4.74 Å². The molecule has 0 radical (unpaired) electrons. The van der Waals surface area contributed by atoms with Gasteiger partial charge in [0, 0.05) is 51.4 Å². The molecular weight excluding hydrogens is 346 g/mol. The van der Waals surface area contributed by atoms with Crippen LogP contribution in [0.2, 0.25) is 0 Å². The topological polar surface area (TPSA) is 52.1 Å². The van der Waals surface area contributed by atoms with E-state index in [1.165, 1.54) is 5.00 Å². The first-order chi connectivity index (χ1) is 12.7. The zero-order valence-corrected chi connectivity index (χ0v) is 17.1. The number of anilines is 1. The van der Waals surface area contributed by atoms with Crippen molar-refractivity contribution in [1.29, 1.82) is 0 Å². The van der Waals surface area contributed by atoms with E-state index in [1.54, 1.807) is 0 Å². The van der Waals surface area contributed by atoms with Crippen LogP contribution in [-0.2, 0) is 4.74 Å². The molecule has 2 atom stereocenters. The van der Waals surface area contributed by atoms with Crippen LogP contribution in [0.15, 0.2) is 22.5 Å². The average Bonchev–Trinajstić information content (AvgIpc) is 3.20. The maximum Gasteiger partial charge on any atom is 0.191 e. The summed E-state index contributed by atoms with van der Waals surface area (Å²) in [7, 11) is 1.86. The maximum atomic E-state index is 5.54. The molecule has 3 heterocycles. The summed E-state index contributed by atoms with van der Waals surface area (Å²) in [5.41, 5.74) is 0. The zero-order valence-electron chi connectivity index (χ0n) is 16.3. The van der Waals surface area contributed by atoms with Gasteiger partial charge in [-0.15, -0.1) is 11.3 Å². The molecule has 6 nitrogen and oxygen atoms in total. The second-order valence-corrected chi connectivity index (χ2v) is 8.25. The monoisotopic (exact) mass is 379 g/mol. The molecule has 146 valence electrons. The van der Waals surface area contributed by atoms with Gasteiger partial charge in [0.1, 0.15) is 0 Å². The minimum absolute atomic E-state index is 0.466. The number of guanidine groups is 1. The molecule has 3 rings (SSSR count). The van der Waals surface area contributed by atoms with E-state index in [9.17, 15) is 0 Å². The van der Waals surface area contributed by atoms with Crippen molar-refractivity contribution in [2.75, 3.05) is 51.3 Å². The molecule has 2 aliphatic rings. The third kappa shape index (κ3) is 5.11. The van der Waals surface area contributed by atoms with Crippen LogP contribution in [0, 0.1) is 0 Å². The predicted octanol–water partition coefficient (Wildman–Crippen LogP) is 1.99. The average molecular weight is 380 g/mol. The fourth-order valence-electron chi connectivity index (χ4n) is 3.84. The summed E-state index contributed by atoms with van der Waals surface area (Å²) in [5.74, 6) is 0.923. The van der Waals surface area contributed by atoms with Gasteiger partial charge < -0.3 is 20.3 Å². The Morgan fingerprint density at radius 1 is 1.38 bits per heavy atom. The van der Waals surface area contributed by atoms with E-state index in [-0.39, 0.29) is 0 Å². The van der Waals surface area contributed by atoms with Crippen molar-refractivity contribution in [1.82, 2.24) is 15.5 Å². The van der Waals surface area contributed by atoms with Gasteiger partial charge in [0.2, 0.25) is 0 Å². The fourth-order valence-corrected chi connectivity index (χ4v) is 4.62. The van der Waals surface area contributed by atoms with E-state index >= 15 is 0 Å². The van der Waals surface area contributed by atoms with E-state index in [2.05, 4.69) is 56.8 Å². The summed E-state index contributed by atoms with van der Waals surface area (Å²) >= 11 is 1.83. The minimum Gasteiger partial charge on any atom is -0.379 e. The van der Waals surface area contributed by atoms with Gasteiger partial charge in [-0.25, -0.2) is 0 Å². The normalized spacial score (nSPS) is 24.5. The van der Waals surface area contributed by atoms with Gasteiger partial charge in [0.25, 0.3) is 0 Å². The van der Waals surface area contributed by atoms with Crippen LogP contribution in [0.3, 0.4) is 0 Å².